The molecule has 39 heavy (non-hydrogen) atoms. The number of nitrogen functional groups attached to an aromatic ring is 1. The Morgan fingerprint density at radius 2 is 1.64 bits per heavy atom. The number of benzene rings is 3. The third-order valence-electron chi connectivity index (χ3n) is 6.46. The van der Waals surface area contributed by atoms with Gasteiger partial charge in [-0.1, -0.05) is 42.5 Å². The first-order chi connectivity index (χ1) is 18.7. The summed E-state index contributed by atoms with van der Waals surface area (Å²) in [5, 5.41) is 15.2. The van der Waals surface area contributed by atoms with E-state index in [-0.39, 0.29) is 29.4 Å². The molecule has 0 spiro atoms. The average molecular weight is 551 g/mol. The van der Waals surface area contributed by atoms with Crippen molar-refractivity contribution in [2.24, 2.45) is 11.5 Å². The third kappa shape index (κ3) is 7.95. The number of rotatable bonds is 11. The summed E-state index contributed by atoms with van der Waals surface area (Å²) in [5.41, 5.74) is 12.6. The summed E-state index contributed by atoms with van der Waals surface area (Å²) in [7, 11) is -3.78. The first-order valence-corrected chi connectivity index (χ1v) is 14.2. The van der Waals surface area contributed by atoms with Crippen molar-refractivity contribution in [3.8, 4) is 11.5 Å². The summed E-state index contributed by atoms with van der Waals surface area (Å²) in [6.45, 7) is 1.45. The molecule has 0 amide bonds. The summed E-state index contributed by atoms with van der Waals surface area (Å²) in [6, 6.07) is 22.1. The van der Waals surface area contributed by atoms with Crippen molar-refractivity contribution in [2.45, 2.75) is 36.3 Å². The van der Waals surface area contributed by atoms with Crippen molar-refractivity contribution in [1.29, 1.82) is 10.8 Å². The molecule has 1 atom stereocenters. The van der Waals surface area contributed by atoms with Gasteiger partial charge >= 0.3 is 0 Å². The highest BCUT2D eigenvalue weighted by atomic mass is 32.2. The van der Waals surface area contributed by atoms with E-state index in [4.69, 9.17) is 31.8 Å². The molecule has 4 rings (SSSR count). The average Bonchev–Trinajstić information content (AvgIpc) is 2.93. The Labute approximate surface area is 229 Å². The summed E-state index contributed by atoms with van der Waals surface area (Å²) < 4.78 is 41.0. The summed E-state index contributed by atoms with van der Waals surface area (Å²) in [6.07, 6.45) is 2.01. The summed E-state index contributed by atoms with van der Waals surface area (Å²) >= 11 is 0. The monoisotopic (exact) mass is 550 g/mol. The first-order valence-electron chi connectivity index (χ1n) is 12.7. The van der Waals surface area contributed by atoms with E-state index in [2.05, 4.69) is 4.72 Å². The predicted octanol–water partition coefficient (Wildman–Crippen LogP) is 2.68. The van der Waals surface area contributed by atoms with Crippen LogP contribution in [-0.4, -0.2) is 57.0 Å². The molecule has 0 unspecified atom stereocenters. The number of piperidine rings is 1. The number of hydrogen-bond donors (Lipinski definition) is 5. The van der Waals surface area contributed by atoms with Crippen LogP contribution < -0.4 is 25.7 Å². The number of nitrogens with two attached hydrogens (primary N) is 2. The van der Waals surface area contributed by atoms with E-state index >= 15 is 0 Å². The minimum atomic E-state index is -3.78. The van der Waals surface area contributed by atoms with Crippen LogP contribution in [0.2, 0.25) is 0 Å². The van der Waals surface area contributed by atoms with Gasteiger partial charge in [0.05, 0.1) is 10.9 Å². The molecular weight excluding hydrogens is 516 g/mol. The van der Waals surface area contributed by atoms with Crippen molar-refractivity contribution in [1.82, 2.24) is 9.62 Å². The molecule has 1 heterocycles. The second-order valence-electron chi connectivity index (χ2n) is 9.42. The molecular formula is C28H34N6O4S. The first kappa shape index (κ1) is 27.9. The number of ether oxygens (including phenoxy) is 2. The standard InChI is InChI=1S/C28H34N6O4S/c29-27(30)21-5-4-6-25(18-21)37-19-22(33-39(35,36)26-7-2-1-3-8-26)17-20-9-11-23(12-10-20)38-24-13-15-34(16-14-24)28(31)32/h1-12,18,22,24,33H,13-17,19H2,(H3,29,30)(H3,31,32)/t22-/m0/s1. The van der Waals surface area contributed by atoms with Crippen molar-refractivity contribution >= 4 is 21.8 Å². The number of amidine groups is 1. The lowest BCUT2D eigenvalue weighted by Gasteiger charge is -2.32. The zero-order valence-corrected chi connectivity index (χ0v) is 22.4. The molecule has 11 heteroatoms. The molecule has 0 radical (unpaired) electrons. The quantitative estimate of drug-likeness (QED) is 0.181. The number of sulfonamides is 1. The minimum Gasteiger partial charge on any atom is -0.492 e. The van der Waals surface area contributed by atoms with Crippen molar-refractivity contribution in [3.05, 3.63) is 90.0 Å². The topological polar surface area (TPSA) is 168 Å². The maximum absolute atomic E-state index is 13.1. The lowest BCUT2D eigenvalue weighted by atomic mass is 10.1. The van der Waals surface area contributed by atoms with Crippen LogP contribution in [0.3, 0.4) is 0 Å². The fourth-order valence-electron chi connectivity index (χ4n) is 4.37. The number of likely N-dealkylation sites (tertiary alicyclic amines) is 1. The van der Waals surface area contributed by atoms with E-state index in [1.165, 1.54) is 0 Å². The van der Waals surface area contributed by atoms with Gasteiger partial charge in [-0.3, -0.25) is 10.8 Å². The molecule has 1 fully saturated rings. The van der Waals surface area contributed by atoms with E-state index in [1.807, 2.05) is 29.2 Å². The van der Waals surface area contributed by atoms with E-state index in [0.717, 1.165) is 24.2 Å². The summed E-state index contributed by atoms with van der Waals surface area (Å²) in [4.78, 5) is 2.01. The predicted molar refractivity (Wildman–Crippen MR) is 151 cm³/mol. The van der Waals surface area contributed by atoms with E-state index in [9.17, 15) is 8.42 Å². The molecule has 3 aromatic carbocycles. The molecule has 1 aliphatic rings. The van der Waals surface area contributed by atoms with Gasteiger partial charge in [0.15, 0.2) is 5.96 Å². The van der Waals surface area contributed by atoms with Crippen LogP contribution in [0.1, 0.15) is 24.0 Å². The molecule has 10 nitrogen and oxygen atoms in total. The molecule has 0 aliphatic carbocycles. The molecule has 1 saturated heterocycles. The van der Waals surface area contributed by atoms with Crippen LogP contribution in [0.25, 0.3) is 0 Å². The van der Waals surface area contributed by atoms with Gasteiger partial charge in [-0.05, 0) is 48.4 Å². The normalized spacial score (nSPS) is 14.9. The zero-order valence-electron chi connectivity index (χ0n) is 21.5. The van der Waals surface area contributed by atoms with Crippen molar-refractivity contribution in [3.63, 3.8) is 0 Å². The number of nitrogens with zero attached hydrogens (tertiary/aromatic N) is 1. The Morgan fingerprint density at radius 3 is 2.28 bits per heavy atom. The van der Waals surface area contributed by atoms with Gasteiger partial charge < -0.3 is 25.8 Å². The third-order valence-corrected chi connectivity index (χ3v) is 8.00. The highest BCUT2D eigenvalue weighted by Crippen LogP contribution is 2.21. The Bertz CT molecular complexity index is 1370. The van der Waals surface area contributed by atoms with E-state index in [1.54, 1.807) is 54.6 Å². The van der Waals surface area contributed by atoms with Gasteiger partial charge in [-0.2, -0.15) is 0 Å². The van der Waals surface area contributed by atoms with Gasteiger partial charge in [0, 0.05) is 31.5 Å². The number of hydrogen-bond acceptors (Lipinski definition) is 6. The van der Waals surface area contributed by atoms with Crippen LogP contribution in [0.5, 0.6) is 11.5 Å². The van der Waals surface area contributed by atoms with Crippen molar-refractivity contribution in [2.75, 3.05) is 19.7 Å². The molecule has 3 aromatic rings. The summed E-state index contributed by atoms with van der Waals surface area (Å²) in [5.74, 6) is 1.24. The highest BCUT2D eigenvalue weighted by molar-refractivity contribution is 7.89. The Morgan fingerprint density at radius 1 is 0.949 bits per heavy atom. The fourth-order valence-corrected chi connectivity index (χ4v) is 5.61. The van der Waals surface area contributed by atoms with Crippen molar-refractivity contribution < 1.29 is 17.9 Å². The SMILES string of the molecule is N=C(N)c1cccc(OC[C@H](Cc2ccc(OC3CCN(C(=N)N)CC3)cc2)NS(=O)(=O)c2ccccc2)c1. The second-order valence-corrected chi connectivity index (χ2v) is 11.1. The minimum absolute atomic E-state index is 0.0519. The largest absolute Gasteiger partial charge is 0.492 e. The molecule has 0 bridgehead atoms. The van der Waals surface area contributed by atoms with Gasteiger partial charge in [0.2, 0.25) is 10.0 Å². The van der Waals surface area contributed by atoms with Crippen LogP contribution in [0, 0.1) is 10.8 Å². The molecule has 1 aliphatic heterocycles. The van der Waals surface area contributed by atoms with Gasteiger partial charge in [-0.15, -0.1) is 0 Å². The smallest absolute Gasteiger partial charge is 0.240 e. The Kier molecular flexibility index (Phi) is 9.05. The number of guanidine groups is 1. The molecule has 7 N–H and O–H groups in total. The van der Waals surface area contributed by atoms with Gasteiger partial charge in [0.25, 0.3) is 0 Å². The molecule has 206 valence electrons. The zero-order chi connectivity index (χ0) is 27.8. The molecule has 0 saturated carbocycles. The van der Waals surface area contributed by atoms with E-state index in [0.29, 0.717) is 30.8 Å². The van der Waals surface area contributed by atoms with Crippen LogP contribution in [0.4, 0.5) is 0 Å². The second kappa shape index (κ2) is 12.6. The van der Waals surface area contributed by atoms with Crippen LogP contribution >= 0.6 is 0 Å². The van der Waals surface area contributed by atoms with Crippen LogP contribution in [0.15, 0.2) is 83.8 Å². The number of nitrogens with one attached hydrogen (secondary N) is 3. The maximum atomic E-state index is 13.1. The van der Waals surface area contributed by atoms with Gasteiger partial charge in [0.1, 0.15) is 30.0 Å². The Hall–Kier alpha value is -4.09. The van der Waals surface area contributed by atoms with Gasteiger partial charge in [-0.25, -0.2) is 13.1 Å². The van der Waals surface area contributed by atoms with Crippen LogP contribution in [-0.2, 0) is 16.4 Å². The highest BCUT2D eigenvalue weighted by Gasteiger charge is 2.23. The lowest BCUT2D eigenvalue weighted by molar-refractivity contribution is 0.130. The fraction of sp³-hybridized carbons (Fsp3) is 0.286. The maximum Gasteiger partial charge on any atom is 0.240 e. The Balaban J connectivity index is 1.43. The lowest BCUT2D eigenvalue weighted by Crippen LogP contribution is -2.44. The molecule has 0 aromatic heterocycles. The van der Waals surface area contributed by atoms with E-state index < -0.39 is 16.1 Å².